The van der Waals surface area contributed by atoms with Crippen molar-refractivity contribution in [2.75, 3.05) is 0 Å². The molecule has 0 bridgehead atoms. The van der Waals surface area contributed by atoms with E-state index in [1.807, 2.05) is 0 Å². The molecule has 1 aliphatic rings. The summed E-state index contributed by atoms with van der Waals surface area (Å²) in [6.07, 6.45) is 1.64. The second-order valence-electron chi connectivity index (χ2n) is 6.16. The standard InChI is InChI=1S/C18H16F2N2O3/c1-11-8-12(3-7-17(11)22(24)25)18(23)21(15-5-6-15)10-13-2-4-14(19)9-16(13)20/h2-4,7-9,15H,5-6,10H2,1H3. The van der Waals surface area contributed by atoms with Gasteiger partial charge in [0, 0.05) is 41.4 Å². The lowest BCUT2D eigenvalue weighted by Gasteiger charge is -2.23. The fourth-order valence-electron chi connectivity index (χ4n) is 2.75. The van der Waals surface area contributed by atoms with Crippen LogP contribution in [0.5, 0.6) is 0 Å². The van der Waals surface area contributed by atoms with Gasteiger partial charge in [0.1, 0.15) is 11.6 Å². The zero-order chi connectivity index (χ0) is 18.1. The van der Waals surface area contributed by atoms with E-state index in [1.165, 1.54) is 29.2 Å². The number of rotatable bonds is 5. The van der Waals surface area contributed by atoms with Crippen LogP contribution in [0.4, 0.5) is 14.5 Å². The number of nitrogens with zero attached hydrogens (tertiary/aromatic N) is 2. The molecule has 0 N–H and O–H groups in total. The van der Waals surface area contributed by atoms with Gasteiger partial charge in [0.05, 0.1) is 4.92 Å². The molecule has 0 spiro atoms. The third-order valence-electron chi connectivity index (χ3n) is 4.24. The lowest BCUT2D eigenvalue weighted by molar-refractivity contribution is -0.385. The molecule has 2 aromatic carbocycles. The van der Waals surface area contributed by atoms with Crippen LogP contribution in [0.2, 0.25) is 0 Å². The Balaban J connectivity index is 1.87. The van der Waals surface area contributed by atoms with Gasteiger partial charge in [0.25, 0.3) is 11.6 Å². The van der Waals surface area contributed by atoms with Crippen LogP contribution < -0.4 is 0 Å². The second-order valence-corrected chi connectivity index (χ2v) is 6.16. The van der Waals surface area contributed by atoms with Gasteiger partial charge in [-0.15, -0.1) is 0 Å². The molecule has 0 unspecified atom stereocenters. The summed E-state index contributed by atoms with van der Waals surface area (Å²) in [6.45, 7) is 1.60. The van der Waals surface area contributed by atoms with Gasteiger partial charge >= 0.3 is 0 Å². The lowest BCUT2D eigenvalue weighted by atomic mass is 10.1. The van der Waals surface area contributed by atoms with Gasteiger partial charge in [0.2, 0.25) is 0 Å². The van der Waals surface area contributed by atoms with Crippen molar-refractivity contribution in [2.45, 2.75) is 32.4 Å². The van der Waals surface area contributed by atoms with E-state index in [0.717, 1.165) is 25.0 Å². The number of amides is 1. The molecule has 1 fully saturated rings. The summed E-state index contributed by atoms with van der Waals surface area (Å²) in [6, 6.07) is 7.46. The third kappa shape index (κ3) is 3.65. The van der Waals surface area contributed by atoms with Crippen LogP contribution in [-0.2, 0) is 6.54 Å². The number of benzene rings is 2. The van der Waals surface area contributed by atoms with Crippen molar-refractivity contribution in [1.29, 1.82) is 0 Å². The van der Waals surface area contributed by atoms with Crippen LogP contribution in [-0.4, -0.2) is 21.8 Å². The Hall–Kier alpha value is -2.83. The smallest absolute Gasteiger partial charge is 0.272 e. The molecule has 0 saturated heterocycles. The van der Waals surface area contributed by atoms with E-state index < -0.39 is 16.6 Å². The highest BCUT2D eigenvalue weighted by atomic mass is 19.1. The SMILES string of the molecule is Cc1cc(C(=O)N(Cc2ccc(F)cc2F)C2CC2)ccc1[N+](=O)[O-]. The number of nitro benzene ring substituents is 1. The van der Waals surface area contributed by atoms with Crippen molar-refractivity contribution in [2.24, 2.45) is 0 Å². The first-order chi connectivity index (χ1) is 11.9. The normalized spacial score (nSPS) is 13.6. The van der Waals surface area contributed by atoms with E-state index in [4.69, 9.17) is 0 Å². The molecule has 0 aromatic heterocycles. The summed E-state index contributed by atoms with van der Waals surface area (Å²) in [5, 5.41) is 10.9. The van der Waals surface area contributed by atoms with Crippen LogP contribution >= 0.6 is 0 Å². The average Bonchev–Trinajstić information content (AvgIpc) is 3.38. The van der Waals surface area contributed by atoms with Gasteiger partial charge in [-0.3, -0.25) is 14.9 Å². The molecule has 0 radical (unpaired) electrons. The van der Waals surface area contributed by atoms with E-state index >= 15 is 0 Å². The second kappa shape index (κ2) is 6.58. The van der Waals surface area contributed by atoms with E-state index in [-0.39, 0.29) is 29.7 Å². The molecule has 5 nitrogen and oxygen atoms in total. The van der Waals surface area contributed by atoms with Crippen molar-refractivity contribution in [3.63, 3.8) is 0 Å². The highest BCUT2D eigenvalue weighted by molar-refractivity contribution is 5.95. The summed E-state index contributed by atoms with van der Waals surface area (Å²) >= 11 is 0. The minimum Gasteiger partial charge on any atom is -0.331 e. The highest BCUT2D eigenvalue weighted by Crippen LogP contribution is 2.31. The van der Waals surface area contributed by atoms with E-state index in [0.29, 0.717) is 11.1 Å². The summed E-state index contributed by atoms with van der Waals surface area (Å²) in [4.78, 5) is 24.7. The summed E-state index contributed by atoms with van der Waals surface area (Å²) in [5.74, 6) is -1.68. The Morgan fingerprint density at radius 2 is 1.96 bits per heavy atom. The predicted octanol–water partition coefficient (Wildman–Crippen LogP) is 3.99. The Morgan fingerprint density at radius 3 is 2.52 bits per heavy atom. The van der Waals surface area contributed by atoms with Gasteiger partial charge in [-0.05, 0) is 38.0 Å². The number of carbonyl (C=O) groups excluding carboxylic acids is 1. The summed E-state index contributed by atoms with van der Waals surface area (Å²) in [5.41, 5.74) is 0.886. The van der Waals surface area contributed by atoms with Crippen molar-refractivity contribution >= 4 is 11.6 Å². The van der Waals surface area contributed by atoms with Gasteiger partial charge in [0.15, 0.2) is 0 Å². The molecule has 7 heteroatoms. The van der Waals surface area contributed by atoms with E-state index in [2.05, 4.69) is 0 Å². The Morgan fingerprint density at radius 1 is 1.24 bits per heavy atom. The Bertz CT molecular complexity index is 850. The molecule has 2 aromatic rings. The molecule has 0 atom stereocenters. The molecule has 0 aliphatic heterocycles. The molecule has 3 rings (SSSR count). The fourth-order valence-corrected chi connectivity index (χ4v) is 2.75. The zero-order valence-electron chi connectivity index (χ0n) is 13.5. The Kier molecular flexibility index (Phi) is 4.48. The van der Waals surface area contributed by atoms with E-state index in [1.54, 1.807) is 6.92 Å². The zero-order valence-corrected chi connectivity index (χ0v) is 13.5. The molecule has 1 saturated carbocycles. The van der Waals surface area contributed by atoms with Gasteiger partial charge in [-0.2, -0.15) is 0 Å². The van der Waals surface area contributed by atoms with Crippen molar-refractivity contribution < 1.29 is 18.5 Å². The van der Waals surface area contributed by atoms with Gasteiger partial charge in [-0.25, -0.2) is 8.78 Å². The maximum absolute atomic E-state index is 13.9. The number of aryl methyl sites for hydroxylation is 1. The maximum atomic E-state index is 13.9. The van der Waals surface area contributed by atoms with E-state index in [9.17, 15) is 23.7 Å². The summed E-state index contributed by atoms with van der Waals surface area (Å²) in [7, 11) is 0. The number of hydrogen-bond donors (Lipinski definition) is 0. The van der Waals surface area contributed by atoms with Gasteiger partial charge < -0.3 is 4.90 Å². The molecule has 25 heavy (non-hydrogen) atoms. The van der Waals surface area contributed by atoms with Crippen molar-refractivity contribution in [3.05, 3.63) is 74.8 Å². The predicted molar refractivity (Wildman–Crippen MR) is 87.1 cm³/mol. The number of nitro groups is 1. The minimum absolute atomic E-state index is 0.00690. The first kappa shape index (κ1) is 17.0. The van der Waals surface area contributed by atoms with Crippen molar-refractivity contribution in [3.8, 4) is 0 Å². The fraction of sp³-hybridized carbons (Fsp3) is 0.278. The first-order valence-corrected chi connectivity index (χ1v) is 7.86. The maximum Gasteiger partial charge on any atom is 0.272 e. The highest BCUT2D eigenvalue weighted by Gasteiger charge is 2.34. The monoisotopic (exact) mass is 346 g/mol. The largest absolute Gasteiger partial charge is 0.331 e. The first-order valence-electron chi connectivity index (χ1n) is 7.86. The molecule has 0 heterocycles. The number of halogens is 2. The lowest BCUT2D eigenvalue weighted by Crippen LogP contribution is -2.33. The number of carbonyl (C=O) groups is 1. The topological polar surface area (TPSA) is 63.5 Å². The molecule has 130 valence electrons. The van der Waals surface area contributed by atoms with Gasteiger partial charge in [-0.1, -0.05) is 6.07 Å². The average molecular weight is 346 g/mol. The molecule has 1 amide bonds. The molecule has 1 aliphatic carbocycles. The summed E-state index contributed by atoms with van der Waals surface area (Å²) < 4.78 is 27.0. The van der Waals surface area contributed by atoms with Crippen LogP contribution in [0.3, 0.4) is 0 Å². The third-order valence-corrected chi connectivity index (χ3v) is 4.24. The van der Waals surface area contributed by atoms with Crippen LogP contribution in [0.1, 0.15) is 34.3 Å². The van der Waals surface area contributed by atoms with Crippen LogP contribution in [0, 0.1) is 28.7 Å². The van der Waals surface area contributed by atoms with Crippen LogP contribution in [0.15, 0.2) is 36.4 Å². The minimum atomic E-state index is -0.696. The van der Waals surface area contributed by atoms with Crippen molar-refractivity contribution in [1.82, 2.24) is 4.90 Å². The number of hydrogen-bond acceptors (Lipinski definition) is 3. The molecular weight excluding hydrogens is 330 g/mol. The quantitative estimate of drug-likeness (QED) is 0.607. The Labute approximate surface area is 143 Å². The molecular formula is C18H16F2N2O3. The van der Waals surface area contributed by atoms with Crippen LogP contribution in [0.25, 0.3) is 0 Å².